The number of benzene rings is 2. The Hall–Kier alpha value is -2.38. The summed E-state index contributed by atoms with van der Waals surface area (Å²) in [5.41, 5.74) is 1.66. The molecular formula is C17H17FN2O. The normalized spacial score (nSPS) is 10.4. The molecule has 2 aromatic carbocycles. The molecule has 108 valence electrons. The van der Waals surface area contributed by atoms with Gasteiger partial charge in [0.15, 0.2) is 11.6 Å². The Bertz CT molecular complexity index is 637. The molecule has 0 saturated heterocycles. The monoisotopic (exact) mass is 284 g/mol. The first kappa shape index (κ1) is 15.0. The number of hydrogen-bond donors (Lipinski definition) is 0. The Kier molecular flexibility index (Phi) is 5.30. The molecule has 0 atom stereocenters. The maximum atomic E-state index is 13.4. The Labute approximate surface area is 124 Å². The molecule has 0 unspecified atom stereocenters. The number of nitrogens with zero attached hydrogens (tertiary/aromatic N) is 2. The Morgan fingerprint density at radius 3 is 2.62 bits per heavy atom. The van der Waals surface area contributed by atoms with Crippen LogP contribution in [0.5, 0.6) is 5.75 Å². The van der Waals surface area contributed by atoms with E-state index in [1.807, 2.05) is 30.1 Å². The topological polar surface area (TPSA) is 36.3 Å². The lowest BCUT2D eigenvalue weighted by Gasteiger charge is -2.17. The van der Waals surface area contributed by atoms with E-state index in [2.05, 4.69) is 6.07 Å². The summed E-state index contributed by atoms with van der Waals surface area (Å²) in [5.74, 6) is -0.0849. The minimum atomic E-state index is -0.352. The van der Waals surface area contributed by atoms with Crippen LogP contribution < -0.4 is 4.74 Å². The van der Waals surface area contributed by atoms with Gasteiger partial charge in [-0.1, -0.05) is 30.3 Å². The number of para-hydroxylation sites is 1. The van der Waals surface area contributed by atoms with Crippen LogP contribution in [-0.4, -0.2) is 25.1 Å². The van der Waals surface area contributed by atoms with Crippen LogP contribution in [0.25, 0.3) is 0 Å². The summed E-state index contributed by atoms with van der Waals surface area (Å²) in [6.45, 7) is 1.70. The van der Waals surface area contributed by atoms with Crippen molar-refractivity contribution in [2.45, 2.75) is 6.54 Å². The van der Waals surface area contributed by atoms with Gasteiger partial charge < -0.3 is 4.74 Å². The first-order chi connectivity index (χ1) is 10.2. The van der Waals surface area contributed by atoms with Crippen molar-refractivity contribution in [1.29, 1.82) is 5.26 Å². The van der Waals surface area contributed by atoms with Gasteiger partial charge in [-0.3, -0.25) is 4.90 Å². The summed E-state index contributed by atoms with van der Waals surface area (Å²) in [5, 5.41) is 9.05. The molecule has 2 aromatic rings. The van der Waals surface area contributed by atoms with E-state index in [0.717, 1.165) is 5.56 Å². The fourth-order valence-electron chi connectivity index (χ4n) is 2.01. The number of halogens is 1. The molecule has 0 spiro atoms. The summed E-state index contributed by atoms with van der Waals surface area (Å²) in [6.07, 6.45) is 0. The summed E-state index contributed by atoms with van der Waals surface area (Å²) in [4.78, 5) is 2.04. The lowest BCUT2D eigenvalue weighted by atomic mass is 10.1. The molecule has 3 nitrogen and oxygen atoms in total. The minimum absolute atomic E-state index is 0.267. The summed E-state index contributed by atoms with van der Waals surface area (Å²) in [6, 6.07) is 16.1. The number of likely N-dealkylation sites (N-methyl/N-ethyl adjacent to an activating group) is 1. The van der Waals surface area contributed by atoms with Crippen molar-refractivity contribution in [2.24, 2.45) is 0 Å². The van der Waals surface area contributed by atoms with Gasteiger partial charge in [0.1, 0.15) is 6.61 Å². The van der Waals surface area contributed by atoms with Gasteiger partial charge in [0.2, 0.25) is 0 Å². The second-order valence-electron chi connectivity index (χ2n) is 4.79. The average molecular weight is 284 g/mol. The lowest BCUT2D eigenvalue weighted by Crippen LogP contribution is -2.24. The van der Waals surface area contributed by atoms with E-state index in [0.29, 0.717) is 25.3 Å². The van der Waals surface area contributed by atoms with Crippen LogP contribution >= 0.6 is 0 Å². The zero-order valence-electron chi connectivity index (χ0n) is 11.9. The highest BCUT2D eigenvalue weighted by Gasteiger charge is 2.06. The van der Waals surface area contributed by atoms with E-state index < -0.39 is 0 Å². The number of hydrogen-bond acceptors (Lipinski definition) is 3. The van der Waals surface area contributed by atoms with E-state index in [-0.39, 0.29) is 11.6 Å². The maximum absolute atomic E-state index is 13.4. The van der Waals surface area contributed by atoms with Crippen molar-refractivity contribution in [2.75, 3.05) is 20.2 Å². The van der Waals surface area contributed by atoms with Crippen molar-refractivity contribution in [3.05, 3.63) is 65.5 Å². The fourth-order valence-corrected chi connectivity index (χ4v) is 2.01. The molecular weight excluding hydrogens is 267 g/mol. The minimum Gasteiger partial charge on any atom is -0.489 e. The maximum Gasteiger partial charge on any atom is 0.165 e. The van der Waals surface area contributed by atoms with Crippen molar-refractivity contribution in [3.63, 3.8) is 0 Å². The molecule has 0 aromatic heterocycles. The first-order valence-electron chi connectivity index (χ1n) is 6.74. The van der Waals surface area contributed by atoms with Gasteiger partial charge >= 0.3 is 0 Å². The Morgan fingerprint density at radius 1 is 1.14 bits per heavy atom. The summed E-state index contributed by atoms with van der Waals surface area (Å²) >= 11 is 0. The molecule has 0 heterocycles. The first-order valence-corrected chi connectivity index (χ1v) is 6.74. The van der Waals surface area contributed by atoms with Crippen molar-refractivity contribution >= 4 is 0 Å². The van der Waals surface area contributed by atoms with Crippen LogP contribution in [0.4, 0.5) is 4.39 Å². The van der Waals surface area contributed by atoms with Crippen LogP contribution in [-0.2, 0) is 6.54 Å². The molecule has 2 rings (SSSR count). The highest BCUT2D eigenvalue weighted by Crippen LogP contribution is 2.15. The van der Waals surface area contributed by atoms with Crippen LogP contribution in [0.1, 0.15) is 11.1 Å². The van der Waals surface area contributed by atoms with Crippen LogP contribution in [0.3, 0.4) is 0 Å². The smallest absolute Gasteiger partial charge is 0.165 e. The summed E-state index contributed by atoms with van der Waals surface area (Å²) < 4.78 is 18.8. The molecule has 4 heteroatoms. The zero-order chi connectivity index (χ0) is 15.1. The van der Waals surface area contributed by atoms with E-state index in [1.54, 1.807) is 24.3 Å². The second kappa shape index (κ2) is 7.41. The van der Waals surface area contributed by atoms with E-state index in [9.17, 15) is 4.39 Å². The van der Waals surface area contributed by atoms with E-state index >= 15 is 0 Å². The van der Waals surface area contributed by atoms with Crippen LogP contribution in [0, 0.1) is 17.1 Å². The van der Waals surface area contributed by atoms with Gasteiger partial charge in [-0.15, -0.1) is 0 Å². The highest BCUT2D eigenvalue weighted by molar-refractivity contribution is 5.37. The molecule has 0 bridgehead atoms. The van der Waals surface area contributed by atoms with Gasteiger partial charge in [0.05, 0.1) is 11.6 Å². The number of nitriles is 1. The molecule has 0 saturated carbocycles. The van der Waals surface area contributed by atoms with Gasteiger partial charge in [-0.2, -0.15) is 5.26 Å². The van der Waals surface area contributed by atoms with Crippen LogP contribution in [0.15, 0.2) is 48.5 Å². The lowest BCUT2D eigenvalue weighted by molar-refractivity contribution is 0.226. The Morgan fingerprint density at radius 2 is 1.86 bits per heavy atom. The third-order valence-corrected chi connectivity index (χ3v) is 3.15. The third kappa shape index (κ3) is 4.30. The summed E-state index contributed by atoms with van der Waals surface area (Å²) in [7, 11) is 1.94. The molecule has 0 amide bonds. The van der Waals surface area contributed by atoms with Crippen molar-refractivity contribution < 1.29 is 9.13 Å². The van der Waals surface area contributed by atoms with Gasteiger partial charge in [0, 0.05) is 13.1 Å². The van der Waals surface area contributed by atoms with Crippen molar-refractivity contribution in [1.82, 2.24) is 4.90 Å². The average Bonchev–Trinajstić information content (AvgIpc) is 2.50. The van der Waals surface area contributed by atoms with E-state index in [4.69, 9.17) is 10.00 Å². The predicted octanol–water partition coefficient (Wildman–Crippen LogP) is 3.21. The number of ether oxygens (including phenoxy) is 1. The van der Waals surface area contributed by atoms with Gasteiger partial charge in [-0.25, -0.2) is 4.39 Å². The molecule has 0 radical (unpaired) electrons. The standard InChI is InChI=1S/C17H17FN2O/c1-20(13-15-7-3-2-6-14(15)12-19)10-11-21-17-9-5-4-8-16(17)18/h2-9H,10-11,13H2,1H3. The fraction of sp³-hybridized carbons (Fsp3) is 0.235. The zero-order valence-corrected chi connectivity index (χ0v) is 11.9. The number of rotatable bonds is 6. The Balaban J connectivity index is 1.84. The molecule has 0 N–H and O–H groups in total. The predicted molar refractivity (Wildman–Crippen MR) is 79.4 cm³/mol. The quantitative estimate of drug-likeness (QED) is 0.817. The van der Waals surface area contributed by atoms with Crippen LogP contribution in [0.2, 0.25) is 0 Å². The van der Waals surface area contributed by atoms with Gasteiger partial charge in [0.25, 0.3) is 0 Å². The van der Waals surface area contributed by atoms with Crippen molar-refractivity contribution in [3.8, 4) is 11.8 Å². The third-order valence-electron chi connectivity index (χ3n) is 3.15. The van der Waals surface area contributed by atoms with Gasteiger partial charge in [-0.05, 0) is 30.8 Å². The highest BCUT2D eigenvalue weighted by atomic mass is 19.1. The molecule has 0 aliphatic rings. The second-order valence-corrected chi connectivity index (χ2v) is 4.79. The molecule has 0 aliphatic heterocycles. The molecule has 21 heavy (non-hydrogen) atoms. The van der Waals surface area contributed by atoms with E-state index in [1.165, 1.54) is 6.07 Å². The molecule has 0 fully saturated rings. The molecule has 0 aliphatic carbocycles. The largest absolute Gasteiger partial charge is 0.489 e. The SMILES string of the molecule is CN(CCOc1ccccc1F)Cc1ccccc1C#N.